The van der Waals surface area contributed by atoms with Crippen molar-refractivity contribution in [1.29, 1.82) is 0 Å². The summed E-state index contributed by atoms with van der Waals surface area (Å²) in [5.74, 6) is 0. The molecule has 98 valence electrons. The third-order valence-corrected chi connectivity index (χ3v) is 3.41. The highest BCUT2D eigenvalue weighted by molar-refractivity contribution is 4.52. The van der Waals surface area contributed by atoms with Crippen molar-refractivity contribution in [1.82, 2.24) is 9.80 Å². The summed E-state index contributed by atoms with van der Waals surface area (Å²) < 4.78 is 0. The van der Waals surface area contributed by atoms with E-state index in [0.717, 1.165) is 0 Å². The standard InChI is InChI=1S/C14H32N2/c1-5-15(3)13-11-9-7-8-10-12-14-16(4)6-2/h5-14H2,1-4H3. The molecule has 0 atom stereocenters. The maximum Gasteiger partial charge on any atom is -0.00219 e. The first-order chi connectivity index (χ1) is 7.70. The van der Waals surface area contributed by atoms with Crippen LogP contribution in [0.4, 0.5) is 0 Å². The zero-order valence-electron chi connectivity index (χ0n) is 12.0. The second-order valence-electron chi connectivity index (χ2n) is 4.91. The number of rotatable bonds is 11. The smallest absolute Gasteiger partial charge is 0.00219 e. The number of hydrogen-bond acceptors (Lipinski definition) is 2. The van der Waals surface area contributed by atoms with Crippen molar-refractivity contribution in [3.63, 3.8) is 0 Å². The molecule has 0 N–H and O–H groups in total. The van der Waals surface area contributed by atoms with Gasteiger partial charge >= 0.3 is 0 Å². The predicted octanol–water partition coefficient (Wildman–Crippen LogP) is 3.23. The molecule has 0 rings (SSSR count). The first-order valence-corrected chi connectivity index (χ1v) is 7.07. The van der Waals surface area contributed by atoms with Gasteiger partial charge < -0.3 is 9.80 Å². The molecule has 0 aromatic carbocycles. The number of hydrogen-bond donors (Lipinski definition) is 0. The number of unbranched alkanes of at least 4 members (excludes halogenated alkanes) is 5. The maximum absolute atomic E-state index is 2.40. The zero-order chi connectivity index (χ0) is 12.2. The molecular formula is C14H32N2. The van der Waals surface area contributed by atoms with Crippen molar-refractivity contribution in [3.8, 4) is 0 Å². The highest BCUT2D eigenvalue weighted by Crippen LogP contribution is 2.06. The van der Waals surface area contributed by atoms with E-state index in [-0.39, 0.29) is 0 Å². The molecule has 0 aromatic rings. The minimum absolute atomic E-state index is 1.18. The predicted molar refractivity (Wildman–Crippen MR) is 74.0 cm³/mol. The third kappa shape index (κ3) is 10.4. The van der Waals surface area contributed by atoms with E-state index in [1.54, 1.807) is 0 Å². The van der Waals surface area contributed by atoms with Crippen LogP contribution in [0.3, 0.4) is 0 Å². The van der Waals surface area contributed by atoms with Crippen molar-refractivity contribution < 1.29 is 0 Å². The quantitative estimate of drug-likeness (QED) is 0.501. The minimum atomic E-state index is 1.18. The molecule has 0 spiro atoms. The van der Waals surface area contributed by atoms with Crippen LogP contribution < -0.4 is 0 Å². The van der Waals surface area contributed by atoms with Gasteiger partial charge in [-0.1, -0.05) is 39.5 Å². The van der Waals surface area contributed by atoms with Crippen LogP contribution in [0, 0.1) is 0 Å². The molecule has 0 fully saturated rings. The molecule has 0 amide bonds. The van der Waals surface area contributed by atoms with E-state index in [1.807, 2.05) is 0 Å². The van der Waals surface area contributed by atoms with E-state index in [1.165, 1.54) is 64.7 Å². The fourth-order valence-corrected chi connectivity index (χ4v) is 1.79. The molecule has 0 aliphatic heterocycles. The second-order valence-corrected chi connectivity index (χ2v) is 4.91. The molecular weight excluding hydrogens is 196 g/mol. The third-order valence-electron chi connectivity index (χ3n) is 3.41. The molecule has 0 saturated heterocycles. The molecule has 0 aromatic heterocycles. The molecule has 0 aliphatic rings. The lowest BCUT2D eigenvalue weighted by Gasteiger charge is -2.14. The molecule has 2 heteroatoms. The van der Waals surface area contributed by atoms with Gasteiger partial charge in [0.15, 0.2) is 0 Å². The highest BCUT2D eigenvalue weighted by atomic mass is 15.1. The Morgan fingerprint density at radius 1 is 0.562 bits per heavy atom. The van der Waals surface area contributed by atoms with Gasteiger partial charge in [-0.3, -0.25) is 0 Å². The molecule has 0 bridgehead atoms. The molecule has 0 saturated carbocycles. The van der Waals surface area contributed by atoms with Crippen LogP contribution in [-0.2, 0) is 0 Å². The van der Waals surface area contributed by atoms with Crippen LogP contribution in [0.2, 0.25) is 0 Å². The van der Waals surface area contributed by atoms with Gasteiger partial charge in [-0.05, 0) is 53.1 Å². The van der Waals surface area contributed by atoms with Crippen LogP contribution in [0.5, 0.6) is 0 Å². The van der Waals surface area contributed by atoms with Crippen LogP contribution in [0.1, 0.15) is 52.4 Å². The molecule has 0 heterocycles. The summed E-state index contributed by atoms with van der Waals surface area (Å²) in [5.41, 5.74) is 0. The van der Waals surface area contributed by atoms with Gasteiger partial charge in [-0.15, -0.1) is 0 Å². The van der Waals surface area contributed by atoms with Crippen molar-refractivity contribution in [2.75, 3.05) is 40.3 Å². The summed E-state index contributed by atoms with van der Waals surface area (Å²) in [6.07, 6.45) is 8.42. The topological polar surface area (TPSA) is 6.48 Å². The molecule has 0 unspecified atom stereocenters. The monoisotopic (exact) mass is 228 g/mol. The van der Waals surface area contributed by atoms with Crippen molar-refractivity contribution in [3.05, 3.63) is 0 Å². The summed E-state index contributed by atoms with van der Waals surface area (Å²) in [5, 5.41) is 0. The lowest BCUT2D eigenvalue weighted by Crippen LogP contribution is -2.18. The lowest BCUT2D eigenvalue weighted by atomic mass is 10.1. The summed E-state index contributed by atoms with van der Waals surface area (Å²) in [4.78, 5) is 4.80. The molecule has 0 aliphatic carbocycles. The maximum atomic E-state index is 2.40. The fourth-order valence-electron chi connectivity index (χ4n) is 1.79. The largest absolute Gasteiger partial charge is 0.307 e. The van der Waals surface area contributed by atoms with Gasteiger partial charge in [0.05, 0.1) is 0 Å². The van der Waals surface area contributed by atoms with Gasteiger partial charge in [0.2, 0.25) is 0 Å². The summed E-state index contributed by atoms with van der Waals surface area (Å²) in [6, 6.07) is 0. The summed E-state index contributed by atoms with van der Waals surface area (Å²) in [6.45, 7) is 9.37. The average molecular weight is 228 g/mol. The molecule has 2 nitrogen and oxygen atoms in total. The Morgan fingerprint density at radius 3 is 1.19 bits per heavy atom. The zero-order valence-corrected chi connectivity index (χ0v) is 12.0. The number of nitrogens with zero attached hydrogens (tertiary/aromatic N) is 2. The van der Waals surface area contributed by atoms with E-state index in [0.29, 0.717) is 0 Å². The van der Waals surface area contributed by atoms with Crippen LogP contribution in [-0.4, -0.2) is 50.1 Å². The van der Waals surface area contributed by atoms with Crippen molar-refractivity contribution >= 4 is 0 Å². The van der Waals surface area contributed by atoms with Crippen molar-refractivity contribution in [2.24, 2.45) is 0 Å². The van der Waals surface area contributed by atoms with Crippen LogP contribution >= 0.6 is 0 Å². The first-order valence-electron chi connectivity index (χ1n) is 7.07. The fraction of sp³-hybridized carbons (Fsp3) is 1.00. The first kappa shape index (κ1) is 15.9. The normalized spacial score (nSPS) is 11.6. The molecule has 16 heavy (non-hydrogen) atoms. The Balaban J connectivity index is 3.04. The lowest BCUT2D eigenvalue weighted by molar-refractivity contribution is 0.333. The summed E-state index contributed by atoms with van der Waals surface area (Å²) >= 11 is 0. The van der Waals surface area contributed by atoms with Crippen molar-refractivity contribution in [2.45, 2.75) is 52.4 Å². The highest BCUT2D eigenvalue weighted by Gasteiger charge is 1.96. The van der Waals surface area contributed by atoms with Gasteiger partial charge in [-0.25, -0.2) is 0 Å². The molecule has 0 radical (unpaired) electrons. The van der Waals surface area contributed by atoms with E-state index in [2.05, 4.69) is 37.7 Å². The van der Waals surface area contributed by atoms with E-state index in [9.17, 15) is 0 Å². The van der Waals surface area contributed by atoms with E-state index < -0.39 is 0 Å². The minimum Gasteiger partial charge on any atom is -0.307 e. The van der Waals surface area contributed by atoms with Crippen LogP contribution in [0.25, 0.3) is 0 Å². The van der Waals surface area contributed by atoms with Gasteiger partial charge in [0.25, 0.3) is 0 Å². The Kier molecular flexibility index (Phi) is 11.3. The van der Waals surface area contributed by atoms with E-state index >= 15 is 0 Å². The van der Waals surface area contributed by atoms with Gasteiger partial charge in [0, 0.05) is 0 Å². The second kappa shape index (κ2) is 11.4. The van der Waals surface area contributed by atoms with Crippen LogP contribution in [0.15, 0.2) is 0 Å². The Labute approximate surface area is 103 Å². The summed E-state index contributed by atoms with van der Waals surface area (Å²) in [7, 11) is 4.42. The Hall–Kier alpha value is -0.0800. The SMILES string of the molecule is CCN(C)CCCCCCCCN(C)CC. The van der Waals surface area contributed by atoms with Gasteiger partial charge in [0.1, 0.15) is 0 Å². The Bertz CT molecular complexity index is 121. The van der Waals surface area contributed by atoms with Gasteiger partial charge in [-0.2, -0.15) is 0 Å². The Morgan fingerprint density at radius 2 is 0.875 bits per heavy atom. The van der Waals surface area contributed by atoms with E-state index in [4.69, 9.17) is 0 Å². The average Bonchev–Trinajstić information content (AvgIpc) is 2.31.